The number of aromatic nitrogens is 3. The zero-order valence-electron chi connectivity index (χ0n) is 15.1. The fourth-order valence-corrected chi connectivity index (χ4v) is 3.33. The Balaban J connectivity index is 2.09. The van der Waals surface area contributed by atoms with Gasteiger partial charge in [0, 0.05) is 23.9 Å². The number of hydrogen-bond acceptors (Lipinski definition) is 4. The largest absolute Gasteiger partial charge is 0.379 e. The molecular formula is C18H28N4O. The highest BCUT2D eigenvalue weighted by Crippen LogP contribution is 2.31. The summed E-state index contributed by atoms with van der Waals surface area (Å²) >= 11 is 0. The summed E-state index contributed by atoms with van der Waals surface area (Å²) in [5.41, 5.74) is 2.14. The summed E-state index contributed by atoms with van der Waals surface area (Å²) in [5, 5.41) is 4.46. The Morgan fingerprint density at radius 2 is 1.96 bits per heavy atom. The fourth-order valence-electron chi connectivity index (χ4n) is 3.33. The van der Waals surface area contributed by atoms with Crippen LogP contribution in [0.15, 0.2) is 18.5 Å². The smallest absolute Gasteiger partial charge is 0.161 e. The van der Waals surface area contributed by atoms with Gasteiger partial charge < -0.3 is 9.64 Å². The van der Waals surface area contributed by atoms with Crippen LogP contribution in [-0.4, -0.2) is 39.4 Å². The number of nitrogens with zero attached hydrogens (tertiary/aromatic N) is 4. The van der Waals surface area contributed by atoms with Crippen LogP contribution in [-0.2, 0) is 10.2 Å². The van der Waals surface area contributed by atoms with Crippen LogP contribution < -0.4 is 4.90 Å². The van der Waals surface area contributed by atoms with Gasteiger partial charge in [-0.15, -0.1) is 0 Å². The highest BCUT2D eigenvalue weighted by atomic mass is 16.5. The van der Waals surface area contributed by atoms with E-state index in [1.807, 2.05) is 16.9 Å². The maximum absolute atomic E-state index is 5.62. The maximum Gasteiger partial charge on any atom is 0.161 e. The van der Waals surface area contributed by atoms with Crippen molar-refractivity contribution in [1.82, 2.24) is 14.6 Å². The quantitative estimate of drug-likeness (QED) is 0.851. The van der Waals surface area contributed by atoms with Crippen LogP contribution in [0.25, 0.3) is 5.65 Å². The second kappa shape index (κ2) is 5.48. The molecule has 5 nitrogen and oxygen atoms in total. The minimum atomic E-state index is -0.00831. The van der Waals surface area contributed by atoms with E-state index < -0.39 is 0 Å². The molecule has 0 saturated carbocycles. The van der Waals surface area contributed by atoms with Gasteiger partial charge in [0.2, 0.25) is 0 Å². The van der Waals surface area contributed by atoms with Crippen LogP contribution >= 0.6 is 0 Å². The number of rotatable bonds is 2. The highest BCUT2D eigenvalue weighted by Gasteiger charge is 2.33. The predicted octanol–water partition coefficient (Wildman–Crippen LogP) is 3.42. The molecule has 1 aliphatic rings. The molecule has 3 heterocycles. The van der Waals surface area contributed by atoms with E-state index in [0.717, 1.165) is 31.1 Å². The predicted molar refractivity (Wildman–Crippen MR) is 93.1 cm³/mol. The minimum absolute atomic E-state index is 0.00831. The van der Waals surface area contributed by atoms with Gasteiger partial charge in [-0.05, 0) is 38.7 Å². The first-order chi connectivity index (χ1) is 10.7. The Morgan fingerprint density at radius 1 is 1.22 bits per heavy atom. The molecule has 1 aliphatic heterocycles. The molecule has 0 amide bonds. The first-order valence-electron chi connectivity index (χ1n) is 8.40. The van der Waals surface area contributed by atoms with Crippen molar-refractivity contribution in [2.45, 2.75) is 65.0 Å². The van der Waals surface area contributed by atoms with Gasteiger partial charge in [-0.25, -0.2) is 9.50 Å². The molecule has 0 N–H and O–H groups in total. The van der Waals surface area contributed by atoms with Gasteiger partial charge >= 0.3 is 0 Å². The Morgan fingerprint density at radius 3 is 2.52 bits per heavy atom. The molecular weight excluding hydrogens is 288 g/mol. The molecule has 1 fully saturated rings. The lowest BCUT2D eigenvalue weighted by Crippen LogP contribution is -2.49. The van der Waals surface area contributed by atoms with Crippen molar-refractivity contribution in [2.75, 3.05) is 18.1 Å². The van der Waals surface area contributed by atoms with Crippen molar-refractivity contribution in [1.29, 1.82) is 0 Å². The van der Waals surface area contributed by atoms with E-state index in [1.165, 1.54) is 5.56 Å². The van der Waals surface area contributed by atoms with E-state index in [1.54, 1.807) is 0 Å². The van der Waals surface area contributed by atoms with Crippen molar-refractivity contribution in [3.63, 3.8) is 0 Å². The number of ether oxygens (including phenoxy) is 1. The van der Waals surface area contributed by atoms with E-state index in [4.69, 9.17) is 9.72 Å². The molecule has 2 aromatic heterocycles. The standard InChI is InChI=1S/C18H28N4O/c1-17(2,3)14-11-19-21-9-7-15(20-16(14)21)22(18(4,5)6)13-8-10-23-12-13/h7,9,11,13H,8,10,12H2,1-6H3. The molecule has 23 heavy (non-hydrogen) atoms. The lowest BCUT2D eigenvalue weighted by atomic mass is 9.89. The van der Waals surface area contributed by atoms with Crippen LogP contribution in [0.1, 0.15) is 53.5 Å². The maximum atomic E-state index is 5.62. The molecule has 0 bridgehead atoms. The Kier molecular flexibility index (Phi) is 3.87. The van der Waals surface area contributed by atoms with E-state index in [2.05, 4.69) is 57.6 Å². The minimum Gasteiger partial charge on any atom is -0.379 e. The zero-order chi connectivity index (χ0) is 16.8. The molecule has 0 aromatic carbocycles. The van der Waals surface area contributed by atoms with Crippen molar-refractivity contribution in [3.8, 4) is 0 Å². The summed E-state index contributed by atoms with van der Waals surface area (Å²) in [4.78, 5) is 7.39. The van der Waals surface area contributed by atoms with E-state index in [9.17, 15) is 0 Å². The lowest BCUT2D eigenvalue weighted by Gasteiger charge is -2.40. The van der Waals surface area contributed by atoms with Gasteiger partial charge in [-0.3, -0.25) is 0 Å². The number of fused-ring (bicyclic) bond motifs is 1. The summed E-state index contributed by atoms with van der Waals surface area (Å²) < 4.78 is 7.49. The van der Waals surface area contributed by atoms with E-state index >= 15 is 0 Å². The van der Waals surface area contributed by atoms with Gasteiger partial charge in [-0.1, -0.05) is 20.8 Å². The molecule has 1 unspecified atom stereocenters. The van der Waals surface area contributed by atoms with Crippen LogP contribution in [0.2, 0.25) is 0 Å². The Hall–Kier alpha value is -1.62. The molecule has 0 aliphatic carbocycles. The molecule has 126 valence electrons. The van der Waals surface area contributed by atoms with Gasteiger partial charge in [0.15, 0.2) is 5.65 Å². The third-order valence-electron chi connectivity index (χ3n) is 4.40. The summed E-state index contributed by atoms with van der Waals surface area (Å²) in [6.45, 7) is 14.9. The molecule has 1 saturated heterocycles. The zero-order valence-corrected chi connectivity index (χ0v) is 15.1. The van der Waals surface area contributed by atoms with Crippen molar-refractivity contribution in [2.24, 2.45) is 0 Å². The van der Waals surface area contributed by atoms with Crippen LogP contribution in [0, 0.1) is 0 Å². The number of anilines is 1. The van der Waals surface area contributed by atoms with Crippen LogP contribution in [0.3, 0.4) is 0 Å². The normalized spacial score (nSPS) is 19.5. The average Bonchev–Trinajstić information content (AvgIpc) is 3.04. The highest BCUT2D eigenvalue weighted by molar-refractivity contribution is 5.56. The van der Waals surface area contributed by atoms with Crippen molar-refractivity contribution >= 4 is 11.5 Å². The van der Waals surface area contributed by atoms with Crippen molar-refractivity contribution in [3.05, 3.63) is 24.0 Å². The molecule has 1 atom stereocenters. The first-order valence-corrected chi connectivity index (χ1v) is 8.40. The summed E-state index contributed by atoms with van der Waals surface area (Å²) in [6.07, 6.45) is 5.00. The monoisotopic (exact) mass is 316 g/mol. The van der Waals surface area contributed by atoms with Crippen molar-refractivity contribution < 1.29 is 4.74 Å². The molecule has 0 spiro atoms. The van der Waals surface area contributed by atoms with E-state index in [-0.39, 0.29) is 11.0 Å². The summed E-state index contributed by atoms with van der Waals surface area (Å²) in [5.74, 6) is 1.01. The average molecular weight is 316 g/mol. The van der Waals surface area contributed by atoms with Crippen LogP contribution in [0.4, 0.5) is 5.82 Å². The van der Waals surface area contributed by atoms with Gasteiger partial charge in [0.1, 0.15) is 5.82 Å². The number of hydrogen-bond donors (Lipinski definition) is 0. The SMILES string of the molecule is CC(C)(C)c1cnn2ccc(N(C3CCOC3)C(C)(C)C)nc12. The van der Waals surface area contributed by atoms with E-state index in [0.29, 0.717) is 6.04 Å². The molecule has 0 radical (unpaired) electrons. The van der Waals surface area contributed by atoms with Crippen LogP contribution in [0.5, 0.6) is 0 Å². The van der Waals surface area contributed by atoms with Gasteiger partial charge in [-0.2, -0.15) is 5.10 Å². The third kappa shape index (κ3) is 3.07. The van der Waals surface area contributed by atoms with Gasteiger partial charge in [0.05, 0.1) is 18.8 Å². The lowest BCUT2D eigenvalue weighted by molar-refractivity contribution is 0.190. The topological polar surface area (TPSA) is 42.7 Å². The molecule has 2 aromatic rings. The second-order valence-corrected chi connectivity index (χ2v) is 8.42. The summed E-state index contributed by atoms with van der Waals surface area (Å²) in [7, 11) is 0. The third-order valence-corrected chi connectivity index (χ3v) is 4.40. The first kappa shape index (κ1) is 16.2. The second-order valence-electron chi connectivity index (χ2n) is 8.42. The molecule has 5 heteroatoms. The Bertz CT molecular complexity index is 687. The Labute approximate surface area is 138 Å². The fraction of sp³-hybridized carbons (Fsp3) is 0.667. The molecule has 3 rings (SSSR count). The van der Waals surface area contributed by atoms with Gasteiger partial charge in [0.25, 0.3) is 0 Å². The summed E-state index contributed by atoms with van der Waals surface area (Å²) in [6, 6.07) is 2.45.